The van der Waals surface area contributed by atoms with Crippen molar-refractivity contribution in [1.29, 1.82) is 0 Å². The molecule has 1 rings (SSSR count). The van der Waals surface area contributed by atoms with Gasteiger partial charge >= 0.3 is 6.18 Å². The molecule has 0 unspecified atom stereocenters. The Morgan fingerprint density at radius 1 is 1.26 bits per heavy atom. The molecule has 0 aliphatic carbocycles. The van der Waals surface area contributed by atoms with E-state index in [1.54, 1.807) is 0 Å². The molecule has 0 bridgehead atoms. The average molecular weight is 294 g/mol. The Morgan fingerprint density at radius 2 is 1.89 bits per heavy atom. The third-order valence-electron chi connectivity index (χ3n) is 1.87. The molecular weight excluding hydrogens is 283 g/mol. The maximum absolute atomic E-state index is 12.4. The highest BCUT2D eigenvalue weighted by molar-refractivity contribution is 5.99. The number of carbonyl (C=O) groups excluding carboxylic acids is 1. The first kappa shape index (κ1) is 17.0. The summed E-state index contributed by atoms with van der Waals surface area (Å²) < 4.78 is 37.2. The number of amides is 1. The van der Waals surface area contributed by atoms with Gasteiger partial charge in [0.2, 0.25) is 0 Å². The van der Waals surface area contributed by atoms with Gasteiger partial charge < -0.3 is 11.5 Å². The lowest BCUT2D eigenvalue weighted by molar-refractivity contribution is -0.137. The van der Waals surface area contributed by atoms with Crippen molar-refractivity contribution in [2.75, 3.05) is 0 Å². The number of hydrogen-bond donors (Lipinski definition) is 2. The Labute approximate surface area is 113 Å². The number of carbonyl (C=O) groups is 1. The molecule has 8 heteroatoms. The van der Waals surface area contributed by atoms with Gasteiger partial charge in [-0.3, -0.25) is 4.79 Å². The van der Waals surface area contributed by atoms with E-state index in [1.807, 2.05) is 0 Å². The Kier molecular flexibility index (Phi) is 6.07. The number of alkyl halides is 3. The summed E-state index contributed by atoms with van der Waals surface area (Å²) in [6, 6.07) is 4.52. The van der Waals surface area contributed by atoms with E-state index in [9.17, 15) is 18.0 Å². The lowest BCUT2D eigenvalue weighted by atomic mass is 10.1. The van der Waals surface area contributed by atoms with Gasteiger partial charge in [-0.15, -0.1) is 12.4 Å². The molecule has 104 valence electrons. The van der Waals surface area contributed by atoms with Crippen LogP contribution in [0.3, 0.4) is 0 Å². The first-order valence-electron chi connectivity index (χ1n) is 4.78. The van der Waals surface area contributed by atoms with Crippen molar-refractivity contribution >= 4 is 30.3 Å². The standard InChI is InChI=1S/C11H10F3N3O.ClH/c12-11(13,14)8-3-1-2-7(6-8)4-5-9(18)17-10(15)16;/h1-6H,(H4,15,16,17,18);1H. The van der Waals surface area contributed by atoms with Gasteiger partial charge in [0.25, 0.3) is 5.91 Å². The molecule has 0 fully saturated rings. The van der Waals surface area contributed by atoms with Crippen LogP contribution in [0.1, 0.15) is 11.1 Å². The number of nitrogens with two attached hydrogens (primary N) is 2. The lowest BCUT2D eigenvalue weighted by Crippen LogP contribution is -2.23. The molecule has 4 N–H and O–H groups in total. The number of halogens is 4. The van der Waals surface area contributed by atoms with E-state index in [2.05, 4.69) is 4.99 Å². The third-order valence-corrected chi connectivity index (χ3v) is 1.87. The van der Waals surface area contributed by atoms with Crippen molar-refractivity contribution in [3.05, 3.63) is 41.5 Å². The Hall–Kier alpha value is -2.02. The van der Waals surface area contributed by atoms with Crippen molar-refractivity contribution in [3.8, 4) is 0 Å². The Bertz CT molecular complexity index is 508. The predicted molar refractivity (Wildman–Crippen MR) is 68.5 cm³/mol. The van der Waals surface area contributed by atoms with Crippen molar-refractivity contribution in [2.45, 2.75) is 6.18 Å². The molecule has 1 aromatic carbocycles. The fourth-order valence-corrected chi connectivity index (χ4v) is 1.15. The van der Waals surface area contributed by atoms with Crippen LogP contribution in [-0.4, -0.2) is 11.9 Å². The summed E-state index contributed by atoms with van der Waals surface area (Å²) in [5.74, 6) is -1.15. The molecule has 0 saturated heterocycles. The van der Waals surface area contributed by atoms with Crippen LogP contribution in [-0.2, 0) is 11.0 Å². The molecule has 0 atom stereocenters. The SMILES string of the molecule is Cl.NC(N)=NC(=O)C=Cc1cccc(C(F)(F)F)c1. The number of guanidine groups is 1. The number of hydrogen-bond acceptors (Lipinski definition) is 1. The summed E-state index contributed by atoms with van der Waals surface area (Å²) >= 11 is 0. The molecule has 0 saturated carbocycles. The highest BCUT2D eigenvalue weighted by Gasteiger charge is 2.30. The highest BCUT2D eigenvalue weighted by atomic mass is 35.5. The van der Waals surface area contributed by atoms with Crippen LogP contribution in [0.25, 0.3) is 6.08 Å². The molecule has 0 aliphatic heterocycles. The molecule has 0 spiro atoms. The van der Waals surface area contributed by atoms with E-state index in [0.717, 1.165) is 18.2 Å². The van der Waals surface area contributed by atoms with Crippen molar-refractivity contribution < 1.29 is 18.0 Å². The number of benzene rings is 1. The molecule has 1 amide bonds. The molecular formula is C11H11ClF3N3O. The summed E-state index contributed by atoms with van der Waals surface area (Å²) in [6.45, 7) is 0. The zero-order chi connectivity index (χ0) is 13.8. The minimum atomic E-state index is -4.42. The second-order valence-electron chi connectivity index (χ2n) is 3.33. The molecule has 0 heterocycles. The van der Waals surface area contributed by atoms with Gasteiger partial charge in [0.15, 0.2) is 5.96 Å². The second-order valence-corrected chi connectivity index (χ2v) is 3.33. The predicted octanol–water partition coefficient (Wildman–Crippen LogP) is 1.94. The first-order valence-corrected chi connectivity index (χ1v) is 4.78. The summed E-state index contributed by atoms with van der Waals surface area (Å²) in [4.78, 5) is 14.2. The molecule has 1 aromatic rings. The zero-order valence-electron chi connectivity index (χ0n) is 9.52. The summed E-state index contributed by atoms with van der Waals surface area (Å²) in [6.07, 6.45) is -2.24. The van der Waals surface area contributed by atoms with Crippen LogP contribution in [0.2, 0.25) is 0 Å². The van der Waals surface area contributed by atoms with Crippen LogP contribution in [0.15, 0.2) is 35.3 Å². The largest absolute Gasteiger partial charge is 0.416 e. The van der Waals surface area contributed by atoms with Crippen LogP contribution in [0.5, 0.6) is 0 Å². The van der Waals surface area contributed by atoms with E-state index < -0.39 is 23.6 Å². The molecule has 19 heavy (non-hydrogen) atoms. The monoisotopic (exact) mass is 293 g/mol. The van der Waals surface area contributed by atoms with E-state index in [1.165, 1.54) is 18.2 Å². The van der Waals surface area contributed by atoms with E-state index in [0.29, 0.717) is 0 Å². The maximum atomic E-state index is 12.4. The van der Waals surface area contributed by atoms with E-state index in [4.69, 9.17) is 11.5 Å². The van der Waals surface area contributed by atoms with Crippen molar-refractivity contribution in [3.63, 3.8) is 0 Å². The van der Waals surface area contributed by atoms with Gasteiger partial charge in [-0.1, -0.05) is 12.1 Å². The van der Waals surface area contributed by atoms with Crippen LogP contribution in [0, 0.1) is 0 Å². The van der Waals surface area contributed by atoms with Crippen molar-refractivity contribution in [1.82, 2.24) is 0 Å². The topological polar surface area (TPSA) is 81.5 Å². The maximum Gasteiger partial charge on any atom is 0.416 e. The third kappa shape index (κ3) is 5.91. The van der Waals surface area contributed by atoms with Gasteiger partial charge in [0.1, 0.15) is 0 Å². The summed E-state index contributed by atoms with van der Waals surface area (Å²) in [7, 11) is 0. The van der Waals surface area contributed by atoms with Crippen LogP contribution < -0.4 is 11.5 Å². The van der Waals surface area contributed by atoms with Crippen molar-refractivity contribution in [2.24, 2.45) is 16.5 Å². The van der Waals surface area contributed by atoms with Gasteiger partial charge in [0.05, 0.1) is 5.56 Å². The highest BCUT2D eigenvalue weighted by Crippen LogP contribution is 2.29. The van der Waals surface area contributed by atoms with Gasteiger partial charge in [0, 0.05) is 6.08 Å². The average Bonchev–Trinajstić information content (AvgIpc) is 2.25. The smallest absolute Gasteiger partial charge is 0.370 e. The van der Waals surface area contributed by atoms with Gasteiger partial charge in [-0.05, 0) is 23.8 Å². The quantitative estimate of drug-likeness (QED) is 0.497. The minimum Gasteiger partial charge on any atom is -0.370 e. The van der Waals surface area contributed by atoms with E-state index in [-0.39, 0.29) is 18.0 Å². The lowest BCUT2D eigenvalue weighted by Gasteiger charge is -2.06. The van der Waals surface area contributed by atoms with Crippen LogP contribution >= 0.6 is 12.4 Å². The molecule has 0 aliphatic rings. The summed E-state index contributed by atoms with van der Waals surface area (Å²) in [5, 5.41) is 0. The number of aliphatic imine (C=N–C) groups is 1. The summed E-state index contributed by atoms with van der Waals surface area (Å²) in [5.41, 5.74) is 9.37. The fraction of sp³-hybridized carbons (Fsp3) is 0.0909. The minimum absolute atomic E-state index is 0. The van der Waals surface area contributed by atoms with Gasteiger partial charge in [-0.2, -0.15) is 18.2 Å². The van der Waals surface area contributed by atoms with Crippen LogP contribution in [0.4, 0.5) is 13.2 Å². The molecule has 4 nitrogen and oxygen atoms in total. The Balaban J connectivity index is 0.00000324. The van der Waals surface area contributed by atoms with Gasteiger partial charge in [-0.25, -0.2) is 0 Å². The number of rotatable bonds is 2. The zero-order valence-corrected chi connectivity index (χ0v) is 10.3. The Morgan fingerprint density at radius 3 is 2.42 bits per heavy atom. The fourth-order valence-electron chi connectivity index (χ4n) is 1.15. The first-order chi connectivity index (χ1) is 8.29. The normalized spacial score (nSPS) is 10.9. The number of nitrogens with zero attached hydrogens (tertiary/aromatic N) is 1. The second kappa shape index (κ2) is 6.79. The van der Waals surface area contributed by atoms with E-state index >= 15 is 0 Å². The molecule has 0 radical (unpaired) electrons. The molecule has 0 aromatic heterocycles.